The largest absolute Gasteiger partial charge is 0.371 e. The normalized spacial score (nSPS) is 17.4. The average molecular weight is 483 g/mol. The quantitative estimate of drug-likeness (QED) is 0.552. The molecule has 34 heavy (non-hydrogen) atoms. The van der Waals surface area contributed by atoms with Crippen LogP contribution in [0.1, 0.15) is 61.6 Å². The van der Waals surface area contributed by atoms with Crippen LogP contribution < -0.4 is 14.9 Å². The monoisotopic (exact) mass is 482 g/mol. The van der Waals surface area contributed by atoms with E-state index in [2.05, 4.69) is 24.9 Å². The molecule has 1 aliphatic heterocycles. The molecule has 1 saturated carbocycles. The molecule has 2 fully saturated rings. The number of benzene rings is 1. The molecule has 3 aromatic rings. The molecular weight excluding hydrogens is 452 g/mol. The minimum absolute atomic E-state index is 0.147. The summed E-state index contributed by atoms with van der Waals surface area (Å²) in [6, 6.07) is 6.81. The Hall–Kier alpha value is -3.14. The van der Waals surface area contributed by atoms with Gasteiger partial charge in [0.25, 0.3) is 5.91 Å². The van der Waals surface area contributed by atoms with Crippen LogP contribution in [0.15, 0.2) is 36.7 Å². The van der Waals surface area contributed by atoms with E-state index in [-0.39, 0.29) is 11.8 Å². The molecule has 1 aliphatic carbocycles. The summed E-state index contributed by atoms with van der Waals surface area (Å²) in [7, 11) is -3.43. The van der Waals surface area contributed by atoms with Crippen molar-refractivity contribution in [2.24, 2.45) is 5.41 Å². The number of nitrogens with one attached hydrogen (secondary N) is 2. The SMILES string of the molecule is CC(C)c1nc(NC(=O)c2ccc(NS(C)(=O)=O)cc2N2CCC3(CC2)CC3)cc2nccn12. The number of sulfonamides is 1. The third-order valence-electron chi connectivity index (χ3n) is 6.84. The summed E-state index contributed by atoms with van der Waals surface area (Å²) in [4.78, 5) is 24.6. The van der Waals surface area contributed by atoms with Crippen molar-refractivity contribution in [1.82, 2.24) is 14.4 Å². The molecule has 2 N–H and O–H groups in total. The fourth-order valence-corrected chi connectivity index (χ4v) is 5.32. The van der Waals surface area contributed by atoms with Gasteiger partial charge in [0.15, 0.2) is 0 Å². The molecule has 0 radical (unpaired) electrons. The maximum absolute atomic E-state index is 13.4. The van der Waals surface area contributed by atoms with E-state index >= 15 is 0 Å². The Morgan fingerprint density at radius 3 is 2.50 bits per heavy atom. The van der Waals surface area contributed by atoms with Crippen molar-refractivity contribution >= 4 is 38.8 Å². The van der Waals surface area contributed by atoms with Gasteiger partial charge in [-0.25, -0.2) is 18.4 Å². The smallest absolute Gasteiger partial charge is 0.258 e. The van der Waals surface area contributed by atoms with Crippen LogP contribution in [-0.4, -0.2) is 48.0 Å². The molecule has 10 heteroatoms. The number of fused-ring (bicyclic) bond motifs is 1. The Bertz CT molecular complexity index is 1350. The summed E-state index contributed by atoms with van der Waals surface area (Å²) < 4.78 is 28.0. The highest BCUT2D eigenvalue weighted by Crippen LogP contribution is 2.54. The highest BCUT2D eigenvalue weighted by atomic mass is 32.2. The third kappa shape index (κ3) is 4.59. The zero-order chi connectivity index (χ0) is 24.1. The lowest BCUT2D eigenvalue weighted by Gasteiger charge is -2.35. The summed E-state index contributed by atoms with van der Waals surface area (Å²) in [5.74, 6) is 1.11. The van der Waals surface area contributed by atoms with E-state index in [4.69, 9.17) is 0 Å². The van der Waals surface area contributed by atoms with Crippen LogP contribution in [-0.2, 0) is 10.0 Å². The van der Waals surface area contributed by atoms with E-state index in [0.29, 0.717) is 28.1 Å². The Labute approximate surface area is 199 Å². The van der Waals surface area contributed by atoms with Gasteiger partial charge >= 0.3 is 0 Å². The standard InChI is InChI=1S/C24H30N6O3S/c1-16(2)22-26-20(15-21-25-10-13-30(21)22)27-23(31)18-5-4-17(28-34(3,32)33)14-19(18)29-11-8-24(6-7-24)9-12-29/h4-5,10,13-16,28H,6-9,11-12H2,1-3H3,(H,27,31). The first-order valence-electron chi connectivity index (χ1n) is 11.6. The van der Waals surface area contributed by atoms with E-state index in [9.17, 15) is 13.2 Å². The highest BCUT2D eigenvalue weighted by molar-refractivity contribution is 7.92. The van der Waals surface area contributed by atoms with Gasteiger partial charge in [0.1, 0.15) is 17.3 Å². The highest BCUT2D eigenvalue weighted by Gasteiger charge is 2.44. The second kappa shape index (κ2) is 8.26. The number of rotatable bonds is 6. The summed E-state index contributed by atoms with van der Waals surface area (Å²) in [6.07, 6.45) is 9.44. The number of nitrogens with zero attached hydrogens (tertiary/aromatic N) is 4. The van der Waals surface area contributed by atoms with Gasteiger partial charge in [-0.2, -0.15) is 0 Å². The molecule has 1 spiro atoms. The fraction of sp³-hybridized carbons (Fsp3) is 0.458. The van der Waals surface area contributed by atoms with Gasteiger partial charge in [0.05, 0.1) is 23.2 Å². The summed E-state index contributed by atoms with van der Waals surface area (Å²) in [6.45, 7) is 5.78. The maximum atomic E-state index is 13.4. The molecule has 0 atom stereocenters. The molecule has 3 heterocycles. The zero-order valence-electron chi connectivity index (χ0n) is 19.7. The van der Waals surface area contributed by atoms with E-state index in [0.717, 1.165) is 43.7 Å². The third-order valence-corrected chi connectivity index (χ3v) is 7.45. The van der Waals surface area contributed by atoms with Gasteiger partial charge in [-0.15, -0.1) is 0 Å². The molecule has 2 aliphatic rings. The Balaban J connectivity index is 1.47. The molecule has 0 unspecified atom stereocenters. The molecule has 9 nitrogen and oxygen atoms in total. The summed E-state index contributed by atoms with van der Waals surface area (Å²) in [5.41, 5.74) is 2.86. The lowest BCUT2D eigenvalue weighted by atomic mass is 9.93. The van der Waals surface area contributed by atoms with Gasteiger partial charge < -0.3 is 10.2 Å². The fourth-order valence-electron chi connectivity index (χ4n) is 4.76. The number of aromatic nitrogens is 3. The average Bonchev–Trinajstić information content (AvgIpc) is 3.35. The number of hydrogen-bond acceptors (Lipinski definition) is 6. The first kappa shape index (κ1) is 22.6. The van der Waals surface area contributed by atoms with Crippen molar-refractivity contribution in [2.75, 3.05) is 34.3 Å². The van der Waals surface area contributed by atoms with Crippen molar-refractivity contribution < 1.29 is 13.2 Å². The van der Waals surface area contributed by atoms with Crippen LogP contribution in [0.3, 0.4) is 0 Å². The van der Waals surface area contributed by atoms with Crippen molar-refractivity contribution in [3.63, 3.8) is 0 Å². The number of hydrogen-bond donors (Lipinski definition) is 2. The Morgan fingerprint density at radius 1 is 1.12 bits per heavy atom. The first-order valence-corrected chi connectivity index (χ1v) is 13.5. The molecular formula is C24H30N6O3S. The minimum Gasteiger partial charge on any atom is -0.371 e. The van der Waals surface area contributed by atoms with Crippen molar-refractivity contribution in [3.05, 3.63) is 48.0 Å². The lowest BCUT2D eigenvalue weighted by molar-refractivity contribution is 0.102. The van der Waals surface area contributed by atoms with Crippen molar-refractivity contribution in [3.8, 4) is 0 Å². The second-order valence-electron chi connectivity index (χ2n) is 9.86. The van der Waals surface area contributed by atoms with E-state index in [1.54, 1.807) is 30.5 Å². The van der Waals surface area contributed by atoms with Crippen LogP contribution in [0.25, 0.3) is 5.65 Å². The predicted molar refractivity (Wildman–Crippen MR) is 133 cm³/mol. The molecule has 5 rings (SSSR count). The van der Waals surface area contributed by atoms with Crippen molar-refractivity contribution in [2.45, 2.75) is 45.4 Å². The second-order valence-corrected chi connectivity index (χ2v) is 11.6. The predicted octanol–water partition coefficient (Wildman–Crippen LogP) is 3.86. The van der Waals surface area contributed by atoms with Crippen LogP contribution in [0.5, 0.6) is 0 Å². The van der Waals surface area contributed by atoms with Crippen molar-refractivity contribution in [1.29, 1.82) is 0 Å². The van der Waals surface area contributed by atoms with Gasteiger partial charge in [0.2, 0.25) is 10.0 Å². The Morgan fingerprint density at radius 2 is 1.85 bits per heavy atom. The molecule has 0 bridgehead atoms. The summed E-state index contributed by atoms with van der Waals surface area (Å²) in [5, 5.41) is 2.94. The minimum atomic E-state index is -3.43. The number of imidazole rings is 1. The van der Waals surface area contributed by atoms with Crippen LogP contribution in [0.4, 0.5) is 17.2 Å². The number of amides is 1. The Kier molecular flexibility index (Phi) is 5.50. The summed E-state index contributed by atoms with van der Waals surface area (Å²) >= 11 is 0. The van der Waals surface area contributed by atoms with Gasteiger partial charge in [-0.05, 0) is 49.3 Å². The van der Waals surface area contributed by atoms with Gasteiger partial charge in [-0.3, -0.25) is 13.9 Å². The molecule has 1 aromatic carbocycles. The number of carbonyl (C=O) groups excluding carboxylic acids is 1. The van der Waals surface area contributed by atoms with Gasteiger partial charge in [-0.1, -0.05) is 13.8 Å². The molecule has 1 saturated heterocycles. The molecule has 1 amide bonds. The van der Waals surface area contributed by atoms with Gasteiger partial charge in [0, 0.05) is 37.5 Å². The topological polar surface area (TPSA) is 109 Å². The zero-order valence-corrected chi connectivity index (χ0v) is 20.5. The maximum Gasteiger partial charge on any atom is 0.258 e. The lowest BCUT2D eigenvalue weighted by Crippen LogP contribution is -2.35. The van der Waals surface area contributed by atoms with Crippen LogP contribution in [0, 0.1) is 5.41 Å². The van der Waals surface area contributed by atoms with E-state index < -0.39 is 10.0 Å². The van der Waals surface area contributed by atoms with E-state index in [1.807, 2.05) is 24.4 Å². The molecule has 2 aromatic heterocycles. The van der Waals surface area contributed by atoms with Crippen LogP contribution >= 0.6 is 0 Å². The van der Waals surface area contributed by atoms with Crippen LogP contribution in [0.2, 0.25) is 0 Å². The number of carbonyl (C=O) groups is 1. The first-order chi connectivity index (χ1) is 16.1. The number of anilines is 3. The van der Waals surface area contributed by atoms with E-state index in [1.165, 1.54) is 12.8 Å². The number of piperidine rings is 1. The molecule has 180 valence electrons.